The van der Waals surface area contributed by atoms with Crippen molar-refractivity contribution in [3.63, 3.8) is 0 Å². The van der Waals surface area contributed by atoms with E-state index in [1.54, 1.807) is 18.2 Å². The zero-order chi connectivity index (χ0) is 15.2. The van der Waals surface area contributed by atoms with Gasteiger partial charge in [-0.15, -0.1) is 0 Å². The van der Waals surface area contributed by atoms with Crippen LogP contribution in [0, 0.1) is 5.92 Å². The zero-order valence-electron chi connectivity index (χ0n) is 12.7. The van der Waals surface area contributed by atoms with Crippen LogP contribution in [-0.2, 0) is 0 Å². The Labute approximate surface area is 125 Å². The SMILES string of the molecule is CCC(CC)C(N)CNC(=O)c1ccc2c(c1)OCCO2. The lowest BCUT2D eigenvalue weighted by Crippen LogP contribution is -2.41. The summed E-state index contributed by atoms with van der Waals surface area (Å²) in [4.78, 5) is 12.2. The van der Waals surface area contributed by atoms with E-state index in [-0.39, 0.29) is 11.9 Å². The van der Waals surface area contributed by atoms with Crippen molar-refractivity contribution in [3.05, 3.63) is 23.8 Å². The van der Waals surface area contributed by atoms with Crippen molar-refractivity contribution in [1.82, 2.24) is 5.32 Å². The van der Waals surface area contributed by atoms with Crippen LogP contribution >= 0.6 is 0 Å². The average molecular weight is 292 g/mol. The number of hydrogen-bond acceptors (Lipinski definition) is 4. The molecule has 5 heteroatoms. The van der Waals surface area contributed by atoms with Gasteiger partial charge in [-0.3, -0.25) is 4.79 Å². The van der Waals surface area contributed by atoms with Gasteiger partial charge < -0.3 is 20.5 Å². The minimum absolute atomic E-state index is 0.0128. The molecule has 0 bridgehead atoms. The number of nitrogens with two attached hydrogens (primary N) is 1. The summed E-state index contributed by atoms with van der Waals surface area (Å²) >= 11 is 0. The Morgan fingerprint density at radius 2 is 1.90 bits per heavy atom. The summed E-state index contributed by atoms with van der Waals surface area (Å²) in [5, 5.41) is 2.89. The third kappa shape index (κ3) is 3.88. The Morgan fingerprint density at radius 3 is 2.57 bits per heavy atom. The van der Waals surface area contributed by atoms with Crippen LogP contribution < -0.4 is 20.5 Å². The van der Waals surface area contributed by atoms with E-state index in [0.29, 0.717) is 42.7 Å². The van der Waals surface area contributed by atoms with Crippen molar-refractivity contribution in [2.45, 2.75) is 32.7 Å². The van der Waals surface area contributed by atoms with E-state index in [0.717, 1.165) is 12.8 Å². The number of hydrogen-bond donors (Lipinski definition) is 2. The molecule has 0 radical (unpaired) electrons. The Kier molecular flexibility index (Phi) is 5.44. The molecule has 1 heterocycles. The van der Waals surface area contributed by atoms with Crippen LogP contribution in [0.5, 0.6) is 11.5 Å². The molecular weight excluding hydrogens is 268 g/mol. The molecule has 5 nitrogen and oxygen atoms in total. The lowest BCUT2D eigenvalue weighted by atomic mass is 9.95. The van der Waals surface area contributed by atoms with Gasteiger partial charge in [-0.05, 0) is 24.1 Å². The number of carbonyl (C=O) groups is 1. The standard InChI is InChI=1S/C16H24N2O3/c1-3-11(4-2)13(17)10-18-16(19)12-5-6-14-15(9-12)21-8-7-20-14/h5-6,9,11,13H,3-4,7-8,10,17H2,1-2H3,(H,18,19). The van der Waals surface area contributed by atoms with Gasteiger partial charge in [0.1, 0.15) is 13.2 Å². The largest absolute Gasteiger partial charge is 0.486 e. The Bertz CT molecular complexity index is 486. The van der Waals surface area contributed by atoms with Crippen LogP contribution in [0.1, 0.15) is 37.0 Å². The first-order valence-corrected chi connectivity index (χ1v) is 7.59. The summed E-state index contributed by atoms with van der Waals surface area (Å²) in [6.07, 6.45) is 2.05. The van der Waals surface area contributed by atoms with Gasteiger partial charge in [-0.1, -0.05) is 26.7 Å². The van der Waals surface area contributed by atoms with Crippen molar-refractivity contribution in [2.75, 3.05) is 19.8 Å². The highest BCUT2D eigenvalue weighted by atomic mass is 16.6. The van der Waals surface area contributed by atoms with E-state index >= 15 is 0 Å². The highest BCUT2D eigenvalue weighted by Gasteiger charge is 2.17. The van der Waals surface area contributed by atoms with Crippen molar-refractivity contribution in [2.24, 2.45) is 11.7 Å². The predicted molar refractivity (Wildman–Crippen MR) is 81.8 cm³/mol. The van der Waals surface area contributed by atoms with E-state index < -0.39 is 0 Å². The van der Waals surface area contributed by atoms with Crippen molar-refractivity contribution in [1.29, 1.82) is 0 Å². The van der Waals surface area contributed by atoms with E-state index in [9.17, 15) is 4.79 Å². The number of amides is 1. The van der Waals surface area contributed by atoms with Crippen LogP contribution in [0.3, 0.4) is 0 Å². The smallest absolute Gasteiger partial charge is 0.251 e. The van der Waals surface area contributed by atoms with Crippen molar-refractivity contribution >= 4 is 5.91 Å². The van der Waals surface area contributed by atoms with Gasteiger partial charge in [-0.25, -0.2) is 0 Å². The fourth-order valence-electron chi connectivity index (χ4n) is 2.56. The molecule has 1 aromatic carbocycles. The fourth-order valence-corrected chi connectivity index (χ4v) is 2.56. The molecule has 0 saturated carbocycles. The lowest BCUT2D eigenvalue weighted by Gasteiger charge is -2.22. The molecule has 0 saturated heterocycles. The molecule has 0 aromatic heterocycles. The average Bonchev–Trinajstić information content (AvgIpc) is 2.53. The second-order valence-corrected chi connectivity index (χ2v) is 5.31. The summed E-state index contributed by atoms with van der Waals surface area (Å²) in [6, 6.07) is 5.21. The number of ether oxygens (including phenoxy) is 2. The molecule has 1 aliphatic heterocycles. The minimum Gasteiger partial charge on any atom is -0.486 e. The molecule has 0 spiro atoms. The molecule has 3 N–H and O–H groups in total. The molecular formula is C16H24N2O3. The quantitative estimate of drug-likeness (QED) is 0.840. The highest BCUT2D eigenvalue weighted by Crippen LogP contribution is 2.30. The molecule has 2 rings (SSSR count). The Morgan fingerprint density at radius 1 is 1.24 bits per heavy atom. The lowest BCUT2D eigenvalue weighted by molar-refractivity contribution is 0.0946. The molecule has 1 aliphatic rings. The van der Waals surface area contributed by atoms with Crippen LogP contribution in [-0.4, -0.2) is 31.7 Å². The first kappa shape index (κ1) is 15.6. The molecule has 1 atom stereocenters. The van der Waals surface area contributed by atoms with Crippen molar-refractivity contribution < 1.29 is 14.3 Å². The zero-order valence-corrected chi connectivity index (χ0v) is 12.7. The third-order valence-electron chi connectivity index (χ3n) is 3.96. The van der Waals surface area contributed by atoms with Gasteiger partial charge in [0.2, 0.25) is 0 Å². The van der Waals surface area contributed by atoms with Crippen molar-refractivity contribution in [3.8, 4) is 11.5 Å². The summed E-state index contributed by atoms with van der Waals surface area (Å²) in [6.45, 7) is 5.79. The van der Waals surface area contributed by atoms with Gasteiger partial charge in [0, 0.05) is 18.2 Å². The van der Waals surface area contributed by atoms with Gasteiger partial charge >= 0.3 is 0 Å². The van der Waals surface area contributed by atoms with Gasteiger partial charge in [0.25, 0.3) is 5.91 Å². The molecule has 1 amide bonds. The van der Waals surface area contributed by atoms with Crippen LogP contribution in [0.2, 0.25) is 0 Å². The van der Waals surface area contributed by atoms with Gasteiger partial charge in [0.15, 0.2) is 11.5 Å². The summed E-state index contributed by atoms with van der Waals surface area (Å²) < 4.78 is 10.9. The number of nitrogens with one attached hydrogen (secondary N) is 1. The number of rotatable bonds is 6. The van der Waals surface area contributed by atoms with Crippen LogP contribution in [0.25, 0.3) is 0 Å². The molecule has 0 fully saturated rings. The minimum atomic E-state index is -0.131. The molecule has 0 aliphatic carbocycles. The van der Waals surface area contributed by atoms with Gasteiger partial charge in [0.05, 0.1) is 0 Å². The highest BCUT2D eigenvalue weighted by molar-refractivity contribution is 5.94. The molecule has 116 valence electrons. The molecule has 1 aromatic rings. The van der Waals surface area contributed by atoms with Gasteiger partial charge in [-0.2, -0.15) is 0 Å². The topological polar surface area (TPSA) is 73.6 Å². The van der Waals surface area contributed by atoms with Crippen LogP contribution in [0.15, 0.2) is 18.2 Å². The summed E-state index contributed by atoms with van der Waals surface area (Å²) in [5.41, 5.74) is 6.68. The monoisotopic (exact) mass is 292 g/mol. The second-order valence-electron chi connectivity index (χ2n) is 5.31. The number of carbonyl (C=O) groups excluding carboxylic acids is 1. The normalized spacial score (nSPS) is 14.9. The molecule has 1 unspecified atom stereocenters. The van der Waals surface area contributed by atoms with E-state index in [1.807, 2.05) is 0 Å². The third-order valence-corrected chi connectivity index (χ3v) is 3.96. The maximum Gasteiger partial charge on any atom is 0.251 e. The van der Waals surface area contributed by atoms with E-state index in [2.05, 4.69) is 19.2 Å². The predicted octanol–water partition coefficient (Wildman–Crippen LogP) is 1.95. The first-order valence-electron chi connectivity index (χ1n) is 7.59. The molecule has 21 heavy (non-hydrogen) atoms. The summed E-state index contributed by atoms with van der Waals surface area (Å²) in [7, 11) is 0. The Hall–Kier alpha value is -1.75. The first-order chi connectivity index (χ1) is 10.2. The fraction of sp³-hybridized carbons (Fsp3) is 0.562. The van der Waals surface area contributed by atoms with E-state index in [4.69, 9.17) is 15.2 Å². The second kappa shape index (κ2) is 7.31. The van der Waals surface area contributed by atoms with Crippen LogP contribution in [0.4, 0.5) is 0 Å². The summed E-state index contributed by atoms with van der Waals surface area (Å²) in [5.74, 6) is 1.61. The number of fused-ring (bicyclic) bond motifs is 1. The maximum atomic E-state index is 12.2. The number of benzene rings is 1. The maximum absolute atomic E-state index is 12.2. The Balaban J connectivity index is 1.94. The van der Waals surface area contributed by atoms with E-state index in [1.165, 1.54) is 0 Å².